The van der Waals surface area contributed by atoms with Crippen molar-refractivity contribution in [2.45, 2.75) is 77.7 Å². The number of esters is 1. The van der Waals surface area contributed by atoms with E-state index in [0.29, 0.717) is 18.6 Å². The molecule has 0 spiro atoms. The van der Waals surface area contributed by atoms with Crippen molar-refractivity contribution >= 4 is 12.3 Å². The molecule has 0 unspecified atom stereocenters. The highest BCUT2D eigenvalue weighted by molar-refractivity contribution is 5.89. The number of rotatable bonds is 12. The van der Waals surface area contributed by atoms with Crippen LogP contribution in [0.5, 0.6) is 5.75 Å². The molecule has 25 heavy (non-hydrogen) atoms. The average Bonchev–Trinajstić information content (AvgIpc) is 2.55. The summed E-state index contributed by atoms with van der Waals surface area (Å²) in [5, 5.41) is 0. The molecular weight excluding hydrogens is 316 g/mol. The normalized spacial score (nSPS) is 11.2. The Morgan fingerprint density at radius 1 is 0.920 bits per heavy atom. The summed E-state index contributed by atoms with van der Waals surface area (Å²) in [6.45, 7) is 6.26. The van der Waals surface area contributed by atoms with Gasteiger partial charge in [0.15, 0.2) is 0 Å². The predicted octanol–water partition coefficient (Wildman–Crippen LogP) is 5.34. The van der Waals surface area contributed by atoms with Gasteiger partial charge in [-0.15, -0.1) is 0 Å². The quantitative estimate of drug-likeness (QED) is 0.291. The number of unbranched alkanes of at least 4 members (excludes halogenated alkanes) is 7. The summed E-state index contributed by atoms with van der Waals surface area (Å²) in [6.07, 6.45) is 9.70. The number of aldehydes is 1. The minimum Gasteiger partial charge on any atom is -0.494 e. The molecule has 1 aromatic rings. The first-order valence-corrected chi connectivity index (χ1v) is 9.32. The third-order valence-electron chi connectivity index (χ3n) is 3.72. The number of benzene rings is 1. The minimum atomic E-state index is -0.485. The maximum Gasteiger partial charge on any atom is 0.338 e. The van der Waals surface area contributed by atoms with E-state index in [1.54, 1.807) is 12.1 Å². The van der Waals surface area contributed by atoms with E-state index in [4.69, 9.17) is 9.47 Å². The van der Waals surface area contributed by atoms with Crippen LogP contribution in [-0.2, 0) is 9.53 Å². The number of carbonyl (C=O) groups excluding carboxylic acids is 2. The Kier molecular flexibility index (Phi) is 9.90. The van der Waals surface area contributed by atoms with E-state index in [9.17, 15) is 9.59 Å². The Hall–Kier alpha value is -1.84. The van der Waals surface area contributed by atoms with Crippen molar-refractivity contribution in [1.82, 2.24) is 0 Å². The van der Waals surface area contributed by atoms with E-state index in [1.165, 1.54) is 19.3 Å². The van der Waals surface area contributed by atoms with Crippen LogP contribution in [0.2, 0.25) is 0 Å². The van der Waals surface area contributed by atoms with Gasteiger partial charge in [0.05, 0.1) is 12.2 Å². The van der Waals surface area contributed by atoms with Gasteiger partial charge in [-0.3, -0.25) is 0 Å². The second kappa shape index (κ2) is 11.7. The molecule has 1 aromatic carbocycles. The van der Waals surface area contributed by atoms with Gasteiger partial charge < -0.3 is 14.3 Å². The van der Waals surface area contributed by atoms with Gasteiger partial charge in [0.25, 0.3) is 0 Å². The topological polar surface area (TPSA) is 52.6 Å². The molecule has 0 heterocycles. The molecule has 0 saturated heterocycles. The van der Waals surface area contributed by atoms with E-state index >= 15 is 0 Å². The first-order valence-electron chi connectivity index (χ1n) is 9.32. The smallest absolute Gasteiger partial charge is 0.338 e. The first kappa shape index (κ1) is 21.2. The maximum absolute atomic E-state index is 11.9. The Labute approximate surface area is 151 Å². The highest BCUT2D eigenvalue weighted by Gasteiger charge is 2.17. The fourth-order valence-corrected chi connectivity index (χ4v) is 2.43. The van der Waals surface area contributed by atoms with Gasteiger partial charge in [0, 0.05) is 6.42 Å². The molecule has 140 valence electrons. The molecule has 0 bridgehead atoms. The Balaban J connectivity index is 2.13. The molecule has 0 aliphatic heterocycles. The van der Waals surface area contributed by atoms with Crippen molar-refractivity contribution in [1.29, 1.82) is 0 Å². The molecule has 0 amide bonds. The van der Waals surface area contributed by atoms with Gasteiger partial charge in [-0.1, -0.05) is 32.1 Å². The zero-order valence-electron chi connectivity index (χ0n) is 15.9. The molecule has 0 atom stereocenters. The van der Waals surface area contributed by atoms with Crippen molar-refractivity contribution in [2.75, 3.05) is 6.61 Å². The minimum absolute atomic E-state index is 0.313. The van der Waals surface area contributed by atoms with Crippen LogP contribution in [0.15, 0.2) is 24.3 Å². The number of hydrogen-bond donors (Lipinski definition) is 0. The molecule has 0 radical (unpaired) electrons. The summed E-state index contributed by atoms with van der Waals surface area (Å²) in [6, 6.07) is 7.10. The van der Waals surface area contributed by atoms with Crippen molar-refractivity contribution < 1.29 is 19.1 Å². The second-order valence-electron chi connectivity index (χ2n) is 7.30. The highest BCUT2D eigenvalue weighted by atomic mass is 16.6. The molecule has 4 heteroatoms. The summed E-state index contributed by atoms with van der Waals surface area (Å²) in [7, 11) is 0. The van der Waals surface area contributed by atoms with Crippen molar-refractivity contribution in [3.05, 3.63) is 29.8 Å². The van der Waals surface area contributed by atoms with Crippen LogP contribution in [0.1, 0.15) is 82.5 Å². The largest absolute Gasteiger partial charge is 0.494 e. The van der Waals surface area contributed by atoms with Crippen LogP contribution in [0.3, 0.4) is 0 Å². The van der Waals surface area contributed by atoms with Crippen molar-refractivity contribution in [3.63, 3.8) is 0 Å². The lowest BCUT2D eigenvalue weighted by Crippen LogP contribution is -2.23. The van der Waals surface area contributed by atoms with E-state index in [0.717, 1.165) is 37.7 Å². The van der Waals surface area contributed by atoms with E-state index in [2.05, 4.69) is 0 Å². The molecule has 1 rings (SSSR count). The highest BCUT2D eigenvalue weighted by Crippen LogP contribution is 2.16. The van der Waals surface area contributed by atoms with E-state index < -0.39 is 5.60 Å². The number of hydrogen-bond acceptors (Lipinski definition) is 4. The van der Waals surface area contributed by atoms with Gasteiger partial charge in [-0.25, -0.2) is 4.79 Å². The maximum atomic E-state index is 11.9. The molecule has 0 aliphatic carbocycles. The lowest BCUT2D eigenvalue weighted by atomic mass is 10.1. The second-order valence-corrected chi connectivity index (χ2v) is 7.30. The van der Waals surface area contributed by atoms with Crippen LogP contribution in [-0.4, -0.2) is 24.5 Å². The van der Waals surface area contributed by atoms with Crippen LogP contribution in [0, 0.1) is 0 Å². The Morgan fingerprint density at radius 3 is 2.04 bits per heavy atom. The summed E-state index contributed by atoms with van der Waals surface area (Å²) in [4.78, 5) is 22.1. The lowest BCUT2D eigenvalue weighted by Gasteiger charge is -2.19. The molecular formula is C21H32O4. The summed E-state index contributed by atoms with van der Waals surface area (Å²) >= 11 is 0. The van der Waals surface area contributed by atoms with Gasteiger partial charge in [0.1, 0.15) is 17.6 Å². The van der Waals surface area contributed by atoms with Crippen molar-refractivity contribution in [2.24, 2.45) is 0 Å². The fraction of sp³-hybridized carbons (Fsp3) is 0.619. The zero-order valence-corrected chi connectivity index (χ0v) is 15.9. The summed E-state index contributed by atoms with van der Waals surface area (Å²) < 4.78 is 11.0. The average molecular weight is 348 g/mol. The van der Waals surface area contributed by atoms with Crippen LogP contribution in [0.4, 0.5) is 0 Å². The summed E-state index contributed by atoms with van der Waals surface area (Å²) in [5.41, 5.74) is 0.0534. The number of carbonyl (C=O) groups is 2. The molecule has 4 nitrogen and oxygen atoms in total. The molecule has 0 aromatic heterocycles. The van der Waals surface area contributed by atoms with Crippen molar-refractivity contribution in [3.8, 4) is 5.75 Å². The van der Waals surface area contributed by atoms with Crippen LogP contribution in [0.25, 0.3) is 0 Å². The molecule has 0 saturated carbocycles. The van der Waals surface area contributed by atoms with E-state index in [1.807, 2.05) is 32.9 Å². The monoisotopic (exact) mass is 348 g/mol. The predicted molar refractivity (Wildman–Crippen MR) is 100 cm³/mol. The molecule has 0 N–H and O–H groups in total. The van der Waals surface area contributed by atoms with Crippen LogP contribution < -0.4 is 4.74 Å². The van der Waals surface area contributed by atoms with Gasteiger partial charge in [-0.2, -0.15) is 0 Å². The molecule has 0 fully saturated rings. The molecule has 0 aliphatic rings. The summed E-state index contributed by atoms with van der Waals surface area (Å²) in [5.74, 6) is 0.466. The SMILES string of the molecule is CC(C)(C)OC(=O)c1ccc(OCCCCCCCCCC=O)cc1. The Morgan fingerprint density at radius 2 is 1.48 bits per heavy atom. The van der Waals surface area contributed by atoms with Gasteiger partial charge in [-0.05, 0) is 57.9 Å². The Bertz CT molecular complexity index is 500. The standard InChI is InChI=1S/C21H32O4/c1-21(2,3)25-20(23)18-12-14-19(15-13-18)24-17-11-9-7-5-4-6-8-10-16-22/h12-16H,4-11,17H2,1-3H3. The third-order valence-corrected chi connectivity index (χ3v) is 3.72. The van der Waals surface area contributed by atoms with Gasteiger partial charge >= 0.3 is 5.97 Å². The van der Waals surface area contributed by atoms with E-state index in [-0.39, 0.29) is 5.97 Å². The van der Waals surface area contributed by atoms with Crippen LogP contribution >= 0.6 is 0 Å². The zero-order chi connectivity index (χ0) is 18.5. The first-order chi connectivity index (χ1) is 11.9. The van der Waals surface area contributed by atoms with Gasteiger partial charge in [0.2, 0.25) is 0 Å². The third kappa shape index (κ3) is 10.6. The fourth-order valence-electron chi connectivity index (χ4n) is 2.43. The lowest BCUT2D eigenvalue weighted by molar-refractivity contribution is -0.107. The number of ether oxygens (including phenoxy) is 2.